The molecule has 26 heavy (non-hydrogen) atoms. The van der Waals surface area contributed by atoms with Gasteiger partial charge in [-0.25, -0.2) is 0 Å². The summed E-state index contributed by atoms with van der Waals surface area (Å²) in [6.45, 7) is 9.67. The molecule has 0 bridgehead atoms. The Morgan fingerprint density at radius 2 is 1.96 bits per heavy atom. The average molecular weight is 378 g/mol. The zero-order valence-corrected chi connectivity index (χ0v) is 16.8. The molecule has 0 aliphatic carbocycles. The Morgan fingerprint density at radius 3 is 2.50 bits per heavy atom. The van der Waals surface area contributed by atoms with E-state index in [2.05, 4.69) is 33.8 Å². The molecule has 0 radical (unpaired) electrons. The smallest absolute Gasteiger partial charge is 0.258 e. The van der Waals surface area contributed by atoms with Crippen LogP contribution in [0, 0.1) is 16.7 Å². The second-order valence-corrected chi connectivity index (χ2v) is 7.51. The van der Waals surface area contributed by atoms with Gasteiger partial charge in [0.1, 0.15) is 5.75 Å². The van der Waals surface area contributed by atoms with E-state index in [0.717, 1.165) is 12.8 Å². The molecule has 0 aliphatic rings. The monoisotopic (exact) mass is 377 g/mol. The van der Waals surface area contributed by atoms with Gasteiger partial charge in [-0.15, -0.1) is 12.4 Å². The zero-order valence-electron chi connectivity index (χ0n) is 16.0. The molecule has 0 fully saturated rings. The standard InChI is InChI=1S/C20H27N3O2.ClH/c1-5-6-9-25-18-16-10-14(11-21)7-8-15(16)19(24)23(17(18)12-22)13-20(2,3)4;/h7-8,10H,5-6,9,12-13,22H2,1-4H3;1H. The summed E-state index contributed by atoms with van der Waals surface area (Å²) in [7, 11) is 0. The predicted octanol–water partition coefficient (Wildman–Crippen LogP) is 3.98. The zero-order chi connectivity index (χ0) is 18.6. The van der Waals surface area contributed by atoms with Crippen LogP contribution in [0.5, 0.6) is 5.75 Å². The van der Waals surface area contributed by atoms with Gasteiger partial charge in [0.25, 0.3) is 5.56 Å². The van der Waals surface area contributed by atoms with E-state index in [0.29, 0.717) is 40.9 Å². The Balaban J connectivity index is 0.00000338. The van der Waals surface area contributed by atoms with Crippen molar-refractivity contribution in [2.75, 3.05) is 6.61 Å². The normalized spacial score (nSPS) is 11.1. The summed E-state index contributed by atoms with van der Waals surface area (Å²) in [6.07, 6.45) is 1.93. The number of fused-ring (bicyclic) bond motifs is 1. The number of ether oxygens (including phenoxy) is 1. The molecule has 0 saturated carbocycles. The van der Waals surface area contributed by atoms with Crippen LogP contribution in [0.1, 0.15) is 51.8 Å². The number of halogens is 1. The summed E-state index contributed by atoms with van der Waals surface area (Å²) in [5.41, 5.74) is 7.04. The maximum Gasteiger partial charge on any atom is 0.258 e. The number of hydrogen-bond acceptors (Lipinski definition) is 4. The van der Waals surface area contributed by atoms with Crippen LogP contribution in [0.15, 0.2) is 23.0 Å². The van der Waals surface area contributed by atoms with Crippen molar-refractivity contribution < 1.29 is 4.74 Å². The van der Waals surface area contributed by atoms with Crippen LogP contribution in [0.25, 0.3) is 10.8 Å². The van der Waals surface area contributed by atoms with Gasteiger partial charge in [-0.2, -0.15) is 5.26 Å². The molecule has 0 spiro atoms. The molecule has 2 aromatic rings. The van der Waals surface area contributed by atoms with Crippen molar-refractivity contribution in [3.05, 3.63) is 39.8 Å². The van der Waals surface area contributed by atoms with Crippen molar-refractivity contribution in [3.8, 4) is 11.8 Å². The number of hydrogen-bond donors (Lipinski definition) is 1. The number of rotatable bonds is 6. The Hall–Kier alpha value is -2.03. The summed E-state index contributed by atoms with van der Waals surface area (Å²) in [5.74, 6) is 0.631. The first-order valence-electron chi connectivity index (χ1n) is 8.74. The molecule has 1 aromatic heterocycles. The Bertz CT molecular complexity index is 860. The fourth-order valence-electron chi connectivity index (χ4n) is 2.86. The maximum atomic E-state index is 13.0. The molecule has 142 valence electrons. The minimum Gasteiger partial charge on any atom is -0.491 e. The first-order chi connectivity index (χ1) is 11.8. The minimum absolute atomic E-state index is 0. The molecule has 0 aliphatic heterocycles. The molecule has 1 heterocycles. The third-order valence-corrected chi connectivity index (χ3v) is 4.03. The van der Waals surface area contributed by atoms with Crippen LogP contribution >= 0.6 is 12.4 Å². The molecule has 2 rings (SSSR count). The number of nitrogens with zero attached hydrogens (tertiary/aromatic N) is 2. The topological polar surface area (TPSA) is 81.0 Å². The lowest BCUT2D eigenvalue weighted by Crippen LogP contribution is -2.31. The highest BCUT2D eigenvalue weighted by molar-refractivity contribution is 5.89. The van der Waals surface area contributed by atoms with Crippen molar-refractivity contribution in [1.29, 1.82) is 5.26 Å². The lowest BCUT2D eigenvalue weighted by Gasteiger charge is -2.25. The Morgan fingerprint density at radius 1 is 1.27 bits per heavy atom. The van der Waals surface area contributed by atoms with Gasteiger partial charge in [0.05, 0.1) is 29.3 Å². The van der Waals surface area contributed by atoms with Crippen LogP contribution in [0.4, 0.5) is 0 Å². The summed E-state index contributed by atoms with van der Waals surface area (Å²) in [4.78, 5) is 13.0. The van der Waals surface area contributed by atoms with E-state index < -0.39 is 0 Å². The van der Waals surface area contributed by atoms with E-state index in [1.54, 1.807) is 22.8 Å². The van der Waals surface area contributed by atoms with E-state index in [4.69, 9.17) is 10.5 Å². The largest absolute Gasteiger partial charge is 0.491 e. The van der Waals surface area contributed by atoms with Gasteiger partial charge in [0, 0.05) is 18.5 Å². The third kappa shape index (κ3) is 4.78. The molecule has 0 amide bonds. The SMILES string of the molecule is CCCCOc1c(CN)n(CC(C)(C)C)c(=O)c2ccc(C#N)cc12.Cl. The van der Waals surface area contributed by atoms with Gasteiger partial charge in [-0.05, 0) is 30.0 Å². The van der Waals surface area contributed by atoms with Crippen molar-refractivity contribution in [2.24, 2.45) is 11.1 Å². The second kappa shape index (κ2) is 9.07. The minimum atomic E-state index is -0.0855. The van der Waals surface area contributed by atoms with Crippen LogP contribution in [0.3, 0.4) is 0 Å². The van der Waals surface area contributed by atoms with Crippen molar-refractivity contribution in [1.82, 2.24) is 4.57 Å². The molecule has 0 unspecified atom stereocenters. The molecule has 0 saturated heterocycles. The summed E-state index contributed by atoms with van der Waals surface area (Å²) < 4.78 is 7.77. The highest BCUT2D eigenvalue weighted by Crippen LogP contribution is 2.30. The lowest BCUT2D eigenvalue weighted by molar-refractivity contribution is 0.295. The van der Waals surface area contributed by atoms with E-state index in [9.17, 15) is 10.1 Å². The molecule has 0 atom stereocenters. The number of nitriles is 1. The number of benzene rings is 1. The summed E-state index contributed by atoms with van der Waals surface area (Å²) in [6, 6.07) is 7.23. The van der Waals surface area contributed by atoms with E-state index >= 15 is 0 Å². The first kappa shape index (κ1) is 22.0. The molecular formula is C20H28ClN3O2. The van der Waals surface area contributed by atoms with E-state index in [-0.39, 0.29) is 29.9 Å². The molecule has 1 aromatic carbocycles. The number of unbranched alkanes of at least 4 members (excludes halogenated alkanes) is 1. The fraction of sp³-hybridized carbons (Fsp3) is 0.500. The van der Waals surface area contributed by atoms with E-state index in [1.165, 1.54) is 0 Å². The van der Waals surface area contributed by atoms with Gasteiger partial charge >= 0.3 is 0 Å². The van der Waals surface area contributed by atoms with Crippen molar-refractivity contribution in [2.45, 2.75) is 53.6 Å². The van der Waals surface area contributed by atoms with Crippen LogP contribution in [0.2, 0.25) is 0 Å². The van der Waals surface area contributed by atoms with Gasteiger partial charge in [-0.1, -0.05) is 34.1 Å². The van der Waals surface area contributed by atoms with Gasteiger partial charge in [0.2, 0.25) is 0 Å². The van der Waals surface area contributed by atoms with Crippen LogP contribution < -0.4 is 16.0 Å². The third-order valence-electron chi connectivity index (χ3n) is 4.03. The Labute approximate surface area is 161 Å². The molecular weight excluding hydrogens is 350 g/mol. The van der Waals surface area contributed by atoms with Crippen LogP contribution in [-0.4, -0.2) is 11.2 Å². The quantitative estimate of drug-likeness (QED) is 0.772. The highest BCUT2D eigenvalue weighted by Gasteiger charge is 2.21. The van der Waals surface area contributed by atoms with Gasteiger partial charge in [-0.3, -0.25) is 4.79 Å². The first-order valence-corrected chi connectivity index (χ1v) is 8.74. The van der Waals surface area contributed by atoms with Crippen molar-refractivity contribution in [3.63, 3.8) is 0 Å². The lowest BCUT2D eigenvalue weighted by atomic mass is 9.96. The number of aromatic nitrogens is 1. The highest BCUT2D eigenvalue weighted by atomic mass is 35.5. The van der Waals surface area contributed by atoms with Gasteiger partial charge in [0.15, 0.2) is 0 Å². The molecule has 6 heteroatoms. The van der Waals surface area contributed by atoms with Gasteiger partial charge < -0.3 is 15.0 Å². The Kier molecular flexibility index (Phi) is 7.68. The maximum absolute atomic E-state index is 13.0. The fourth-order valence-corrected chi connectivity index (χ4v) is 2.86. The van der Waals surface area contributed by atoms with E-state index in [1.807, 2.05) is 0 Å². The van der Waals surface area contributed by atoms with Crippen LogP contribution in [-0.2, 0) is 13.1 Å². The molecule has 5 nitrogen and oxygen atoms in total. The molecule has 2 N–H and O–H groups in total. The summed E-state index contributed by atoms with van der Waals surface area (Å²) in [5, 5.41) is 10.4. The average Bonchev–Trinajstić information content (AvgIpc) is 2.57. The number of pyridine rings is 1. The predicted molar refractivity (Wildman–Crippen MR) is 108 cm³/mol. The number of nitrogens with two attached hydrogens (primary N) is 1. The van der Waals surface area contributed by atoms with Crippen molar-refractivity contribution >= 4 is 23.2 Å². The summed E-state index contributed by atoms with van der Waals surface area (Å²) >= 11 is 0. The second-order valence-electron chi connectivity index (χ2n) is 7.51.